The molecular weight excluding hydrogens is 782 g/mol. The number of unbranched alkanes of at least 4 members (excludes halogenated alkanes) is 1. The van der Waals surface area contributed by atoms with Gasteiger partial charge in [-0.25, -0.2) is 14.4 Å². The molecule has 3 aliphatic rings. The number of hydrogen-bond acceptors (Lipinski definition) is 11. The van der Waals surface area contributed by atoms with Gasteiger partial charge < -0.3 is 52.8 Å². The van der Waals surface area contributed by atoms with Crippen LogP contribution in [-0.4, -0.2) is 105 Å². The van der Waals surface area contributed by atoms with Crippen molar-refractivity contribution >= 4 is 49.1 Å². The van der Waals surface area contributed by atoms with Gasteiger partial charge in [-0.05, 0) is 25.7 Å². The van der Waals surface area contributed by atoms with Gasteiger partial charge in [0.25, 0.3) is 23.6 Å². The van der Waals surface area contributed by atoms with E-state index in [9.17, 15) is 38.1 Å². The highest BCUT2D eigenvalue weighted by molar-refractivity contribution is 7.51. The van der Waals surface area contributed by atoms with Gasteiger partial charge in [0, 0.05) is 44.9 Å². The monoisotopic (exact) mass is 830 g/mol. The second kappa shape index (κ2) is 21.8. The molecule has 0 unspecified atom stereocenters. The number of rotatable bonds is 14. The smallest absolute Gasteiger partial charge is 0.333 e. The molecule has 3 heterocycles. The van der Waals surface area contributed by atoms with Gasteiger partial charge in [-0.1, -0.05) is 26.5 Å². The van der Waals surface area contributed by atoms with Gasteiger partial charge in [0.15, 0.2) is 0 Å². The number of carbonyl (C=O) groups is 7. The Morgan fingerprint density at radius 2 is 1.02 bits per heavy atom. The number of hydrogen-bond donors (Lipinski definition) is 2. The topological polar surface area (TPSA) is 214 Å². The van der Waals surface area contributed by atoms with Gasteiger partial charge in [0.2, 0.25) is 0 Å². The summed E-state index contributed by atoms with van der Waals surface area (Å²) in [6.45, 7) is 10.1. The maximum atomic E-state index is 11.5. The van der Waals surface area contributed by atoms with Crippen LogP contribution in [0.15, 0.2) is 24.6 Å². The fourth-order valence-corrected chi connectivity index (χ4v) is 4.61. The van der Waals surface area contributed by atoms with Crippen molar-refractivity contribution < 1.29 is 90.9 Å². The number of hydroxylamine groups is 6. The molecule has 0 aromatic rings. The molecule has 49 heavy (non-hydrogen) atoms. The van der Waals surface area contributed by atoms with E-state index in [-0.39, 0.29) is 86.4 Å². The first-order chi connectivity index (χ1) is 22.2. The van der Waals surface area contributed by atoms with Gasteiger partial charge in [-0.2, -0.15) is 0 Å². The van der Waals surface area contributed by atoms with Crippen LogP contribution in [-0.2, 0) is 52.6 Å². The number of carbonyl (C=O) groups excluding carboxylic acids is 7. The van der Waals surface area contributed by atoms with Crippen molar-refractivity contribution in [1.82, 2.24) is 15.2 Å². The molecule has 4 amide bonds. The summed E-state index contributed by atoms with van der Waals surface area (Å²) in [5, 5.41) is 2.46. The zero-order chi connectivity index (χ0) is 36.7. The third-order valence-corrected chi connectivity index (χ3v) is 7.54. The average molecular weight is 831 g/mol. The molecular formula is C30H48IN4O13P. The number of amides is 4. The minimum atomic E-state index is -4.09. The van der Waals surface area contributed by atoms with Crippen LogP contribution in [0.3, 0.4) is 0 Å². The van der Waals surface area contributed by atoms with Crippen LogP contribution < -0.4 is 24.0 Å². The molecule has 17 nitrogen and oxygen atoms in total. The van der Waals surface area contributed by atoms with E-state index in [1.165, 1.54) is 0 Å². The highest BCUT2D eigenvalue weighted by Gasteiger charge is 2.33. The summed E-state index contributed by atoms with van der Waals surface area (Å²) in [6, 6.07) is 0. The summed E-state index contributed by atoms with van der Waals surface area (Å²) in [4.78, 5) is 110. The third-order valence-electron chi connectivity index (χ3n) is 6.64. The van der Waals surface area contributed by atoms with Gasteiger partial charge in [0.05, 0.1) is 51.7 Å². The minimum absolute atomic E-state index is 0. The predicted octanol–water partition coefficient (Wildman–Crippen LogP) is -0.606. The normalized spacial score (nSPS) is 16.1. The van der Waals surface area contributed by atoms with Crippen LogP contribution in [0.25, 0.3) is 0 Å². The molecule has 0 aromatic carbocycles. The average Bonchev–Trinajstić information content (AvgIpc) is 3.58. The predicted molar refractivity (Wildman–Crippen MR) is 168 cm³/mol. The molecule has 3 fully saturated rings. The Labute approximate surface area is 303 Å². The number of nitrogens with zero attached hydrogens (tertiary/aromatic N) is 4. The van der Waals surface area contributed by atoms with Crippen LogP contribution in [0.1, 0.15) is 90.4 Å². The summed E-state index contributed by atoms with van der Waals surface area (Å²) in [7, 11) is 2.11. The SMILES string of the molecule is C=C1CCC(=O)N1OC(=O)CCCP(=O)(O)O.C=C1CCC(=O)N1OC(=O)CCC[N+](C)(C)C.CCCCC(=O)ON1C(=O)CCC1=O.[I-]. The molecule has 2 N–H and O–H groups in total. The molecule has 0 spiro atoms. The summed E-state index contributed by atoms with van der Waals surface area (Å²) in [5.74, 6) is -2.96. The second-order valence-corrected chi connectivity index (χ2v) is 14.0. The lowest BCUT2D eigenvalue weighted by atomic mass is 10.3. The van der Waals surface area contributed by atoms with Crippen molar-refractivity contribution in [2.45, 2.75) is 90.4 Å². The Bertz CT molecular complexity index is 1250. The van der Waals surface area contributed by atoms with Gasteiger partial charge >= 0.3 is 25.5 Å². The summed E-state index contributed by atoms with van der Waals surface area (Å²) >= 11 is 0. The Morgan fingerprint density at radius 1 is 0.673 bits per heavy atom. The van der Waals surface area contributed by atoms with Gasteiger partial charge in [0.1, 0.15) is 0 Å². The number of allylic oxidation sites excluding steroid dienone is 2. The van der Waals surface area contributed by atoms with Crippen LogP contribution >= 0.6 is 7.60 Å². The van der Waals surface area contributed by atoms with Crippen LogP contribution in [0.4, 0.5) is 0 Å². The zero-order valence-electron chi connectivity index (χ0n) is 28.5. The number of halogens is 1. The molecule has 0 saturated carbocycles. The first-order valence-corrected chi connectivity index (χ1v) is 17.4. The molecule has 3 aliphatic heterocycles. The van der Waals surface area contributed by atoms with Crippen LogP contribution in [0.2, 0.25) is 0 Å². The van der Waals surface area contributed by atoms with Crippen molar-refractivity contribution in [3.05, 3.63) is 24.6 Å². The van der Waals surface area contributed by atoms with Crippen molar-refractivity contribution in [2.24, 2.45) is 0 Å². The van der Waals surface area contributed by atoms with E-state index in [1.54, 1.807) is 0 Å². The Morgan fingerprint density at radius 3 is 1.37 bits per heavy atom. The van der Waals surface area contributed by atoms with Gasteiger partial charge in [-0.15, -0.1) is 15.2 Å². The molecule has 19 heteroatoms. The van der Waals surface area contributed by atoms with E-state index in [0.717, 1.165) is 34.0 Å². The molecule has 0 atom stereocenters. The standard InChI is InChI=1S/C12H21N2O3.C9H14NO6P.C9H13NO4.HI/c1-10-7-8-11(15)13(10)17-12(16)6-5-9-14(2,3)4;1-7-4-5-8(11)10(7)16-9(12)3-2-6-17(13,14)15;1-2-3-4-9(13)14-10-7(11)5-6-8(10)12;/h1,5-9H2,2-4H3;1-6H2,(H2,13,14,15);2-6H2,1H3;1H/q+1;;;/p-1. The number of imide groups is 1. The third kappa shape index (κ3) is 19.0. The maximum absolute atomic E-state index is 11.5. The number of quaternary nitrogens is 1. The maximum Gasteiger partial charge on any atom is 0.333 e. The Balaban J connectivity index is 0.000000702. The first kappa shape index (κ1) is 45.8. The fraction of sp³-hybridized carbons (Fsp3) is 0.633. The van der Waals surface area contributed by atoms with Crippen molar-refractivity contribution in [2.75, 3.05) is 33.8 Å². The highest BCUT2D eigenvalue weighted by Crippen LogP contribution is 2.35. The quantitative estimate of drug-likeness (QED) is 0.0970. The largest absolute Gasteiger partial charge is 1.00 e. The van der Waals surface area contributed by atoms with E-state index in [2.05, 4.69) is 39.1 Å². The molecule has 0 aromatic heterocycles. The molecule has 0 bridgehead atoms. The zero-order valence-corrected chi connectivity index (χ0v) is 31.6. The molecule has 0 radical (unpaired) electrons. The van der Waals surface area contributed by atoms with Crippen LogP contribution in [0, 0.1) is 0 Å². The lowest BCUT2D eigenvalue weighted by Gasteiger charge is -2.23. The summed E-state index contributed by atoms with van der Waals surface area (Å²) in [6.07, 6.45) is 4.32. The minimum Gasteiger partial charge on any atom is -1.00 e. The fourth-order valence-electron chi connectivity index (χ4n) is 4.04. The first-order valence-electron chi connectivity index (χ1n) is 15.6. The van der Waals surface area contributed by atoms with E-state index >= 15 is 0 Å². The molecule has 278 valence electrons. The van der Waals surface area contributed by atoms with Crippen molar-refractivity contribution in [3.63, 3.8) is 0 Å². The Hall–Kier alpha value is -3.19. The molecule has 3 rings (SSSR count). The lowest BCUT2D eigenvalue weighted by Crippen LogP contribution is -3.00. The second-order valence-electron chi connectivity index (χ2n) is 12.2. The highest BCUT2D eigenvalue weighted by atomic mass is 127. The Kier molecular flexibility index (Phi) is 20.4. The van der Waals surface area contributed by atoms with E-state index in [1.807, 2.05) is 6.92 Å². The van der Waals surface area contributed by atoms with Gasteiger partial charge in [-0.3, -0.25) is 23.7 Å². The molecule has 0 aliphatic carbocycles. The molecule has 3 saturated heterocycles. The van der Waals surface area contributed by atoms with Crippen molar-refractivity contribution in [1.29, 1.82) is 0 Å². The summed E-state index contributed by atoms with van der Waals surface area (Å²) in [5.41, 5.74) is 0.980. The van der Waals surface area contributed by atoms with E-state index < -0.39 is 31.3 Å². The summed E-state index contributed by atoms with van der Waals surface area (Å²) < 4.78 is 11.3. The van der Waals surface area contributed by atoms with Crippen LogP contribution in [0.5, 0.6) is 0 Å². The van der Waals surface area contributed by atoms with E-state index in [4.69, 9.17) is 19.5 Å². The lowest BCUT2D eigenvalue weighted by molar-refractivity contribution is -0.870. The van der Waals surface area contributed by atoms with E-state index in [0.29, 0.717) is 48.6 Å². The van der Waals surface area contributed by atoms with Crippen molar-refractivity contribution in [3.8, 4) is 0 Å².